The molecule has 1 heterocycles. The van der Waals surface area contributed by atoms with Crippen molar-refractivity contribution in [1.82, 2.24) is 9.97 Å². The van der Waals surface area contributed by atoms with Crippen LogP contribution >= 0.6 is 24.4 Å². The molecule has 4 heteroatoms. The van der Waals surface area contributed by atoms with E-state index in [0.717, 1.165) is 27.7 Å². The van der Waals surface area contributed by atoms with Crippen molar-refractivity contribution in [2.24, 2.45) is 5.41 Å². The monoisotopic (exact) mass is 292 g/mol. The van der Waals surface area contributed by atoms with Crippen molar-refractivity contribution in [3.8, 4) is 0 Å². The van der Waals surface area contributed by atoms with Crippen molar-refractivity contribution in [3.63, 3.8) is 0 Å². The van der Waals surface area contributed by atoms with E-state index in [1.165, 1.54) is 31.2 Å². The Labute approximate surface area is 124 Å². The molecule has 2 nitrogen and oxygen atoms in total. The molecule has 1 N–H and O–H groups in total. The topological polar surface area (TPSA) is 28.7 Å². The number of hydrogen-bond acceptors (Lipinski definition) is 3. The molecule has 0 spiro atoms. The fourth-order valence-corrected chi connectivity index (χ4v) is 4.62. The number of rotatable bonds is 4. The van der Waals surface area contributed by atoms with E-state index in [4.69, 9.17) is 0 Å². The minimum atomic E-state index is 0.433. The number of fused-ring (bicyclic) bond motifs is 1. The van der Waals surface area contributed by atoms with E-state index < -0.39 is 0 Å². The highest BCUT2D eigenvalue weighted by molar-refractivity contribution is 7.99. The molecular weight excluding hydrogens is 272 g/mol. The number of thioether (sulfide) groups is 1. The number of aryl methyl sites for hydroxylation is 1. The second-order valence-corrected chi connectivity index (χ2v) is 7.00. The second kappa shape index (κ2) is 5.41. The summed E-state index contributed by atoms with van der Waals surface area (Å²) in [6.45, 7) is 2.11. The van der Waals surface area contributed by atoms with E-state index in [0.29, 0.717) is 5.41 Å². The van der Waals surface area contributed by atoms with Gasteiger partial charge in [0.15, 0.2) is 5.16 Å². The molecule has 0 bridgehead atoms. The van der Waals surface area contributed by atoms with Crippen molar-refractivity contribution in [1.29, 1.82) is 0 Å². The normalized spacial score (nSPS) is 18.2. The van der Waals surface area contributed by atoms with Crippen molar-refractivity contribution in [2.75, 3.05) is 11.5 Å². The Morgan fingerprint density at radius 3 is 2.89 bits per heavy atom. The van der Waals surface area contributed by atoms with Crippen LogP contribution < -0.4 is 0 Å². The van der Waals surface area contributed by atoms with Crippen molar-refractivity contribution in [3.05, 3.63) is 23.8 Å². The lowest BCUT2D eigenvalue weighted by Crippen LogP contribution is -2.21. The van der Waals surface area contributed by atoms with Gasteiger partial charge < -0.3 is 4.98 Å². The van der Waals surface area contributed by atoms with E-state index in [9.17, 15) is 0 Å². The third-order valence-electron chi connectivity index (χ3n) is 4.13. The van der Waals surface area contributed by atoms with Crippen LogP contribution in [0.15, 0.2) is 23.4 Å². The summed E-state index contributed by atoms with van der Waals surface area (Å²) in [4.78, 5) is 8.09. The molecule has 0 atom stereocenters. The number of hydrogen-bond donors (Lipinski definition) is 2. The van der Waals surface area contributed by atoms with Crippen LogP contribution in [0.25, 0.3) is 11.0 Å². The average molecular weight is 292 g/mol. The quantitative estimate of drug-likeness (QED) is 0.643. The molecule has 0 unspecified atom stereocenters. The largest absolute Gasteiger partial charge is 0.333 e. The molecule has 102 valence electrons. The van der Waals surface area contributed by atoms with E-state index in [2.05, 4.69) is 47.7 Å². The number of H-pyrrole nitrogens is 1. The first-order valence-electron chi connectivity index (χ1n) is 6.91. The molecule has 1 fully saturated rings. The second-order valence-electron chi connectivity index (χ2n) is 5.72. The van der Waals surface area contributed by atoms with Gasteiger partial charge in [0.05, 0.1) is 11.0 Å². The molecule has 1 aromatic carbocycles. The summed E-state index contributed by atoms with van der Waals surface area (Å²) < 4.78 is 0. The summed E-state index contributed by atoms with van der Waals surface area (Å²) in [5.41, 5.74) is 3.92. The minimum Gasteiger partial charge on any atom is -0.333 e. The SMILES string of the molecule is Cc1ccc2nc(SCC3(CS)CCCC3)[nH]c2c1. The van der Waals surface area contributed by atoms with E-state index in [-0.39, 0.29) is 0 Å². The van der Waals surface area contributed by atoms with Crippen LogP contribution in [0.5, 0.6) is 0 Å². The molecule has 0 saturated heterocycles. The Morgan fingerprint density at radius 2 is 2.16 bits per heavy atom. The highest BCUT2D eigenvalue weighted by atomic mass is 32.2. The molecule has 0 aliphatic heterocycles. The Morgan fingerprint density at radius 1 is 1.37 bits per heavy atom. The molecule has 19 heavy (non-hydrogen) atoms. The van der Waals surface area contributed by atoms with Gasteiger partial charge in [-0.2, -0.15) is 12.6 Å². The number of imidazole rings is 1. The fourth-order valence-electron chi connectivity index (χ4n) is 2.86. The van der Waals surface area contributed by atoms with Crippen LogP contribution in [0.4, 0.5) is 0 Å². The van der Waals surface area contributed by atoms with Gasteiger partial charge in [-0.25, -0.2) is 4.98 Å². The molecule has 2 aromatic rings. The number of nitrogens with zero attached hydrogens (tertiary/aromatic N) is 1. The summed E-state index contributed by atoms with van der Waals surface area (Å²) in [5.74, 6) is 2.13. The van der Waals surface area contributed by atoms with Gasteiger partial charge in [-0.15, -0.1) is 0 Å². The number of aromatic amines is 1. The maximum absolute atomic E-state index is 4.66. The van der Waals surface area contributed by atoms with Gasteiger partial charge >= 0.3 is 0 Å². The van der Waals surface area contributed by atoms with E-state index in [1.807, 2.05) is 11.8 Å². The fraction of sp³-hybridized carbons (Fsp3) is 0.533. The first kappa shape index (κ1) is 13.4. The summed E-state index contributed by atoms with van der Waals surface area (Å²) in [7, 11) is 0. The summed E-state index contributed by atoms with van der Waals surface area (Å²) in [5, 5.41) is 1.05. The van der Waals surface area contributed by atoms with E-state index in [1.54, 1.807) is 0 Å². The van der Waals surface area contributed by atoms with Gasteiger partial charge in [0.25, 0.3) is 0 Å². The summed E-state index contributed by atoms with van der Waals surface area (Å²) in [6, 6.07) is 6.37. The molecule has 0 radical (unpaired) electrons. The van der Waals surface area contributed by atoms with Crippen molar-refractivity contribution < 1.29 is 0 Å². The van der Waals surface area contributed by atoms with Crippen LogP contribution in [-0.2, 0) is 0 Å². The predicted octanol–water partition coefficient (Wildman–Crippen LogP) is 4.45. The molecule has 3 rings (SSSR count). The zero-order chi connectivity index (χ0) is 13.3. The first-order chi connectivity index (χ1) is 9.21. The summed E-state index contributed by atoms with van der Waals surface area (Å²) >= 11 is 6.42. The lowest BCUT2D eigenvalue weighted by molar-refractivity contribution is 0.403. The summed E-state index contributed by atoms with van der Waals surface area (Å²) in [6.07, 6.45) is 5.37. The maximum atomic E-state index is 4.66. The van der Waals surface area contributed by atoms with Gasteiger partial charge in [0, 0.05) is 5.75 Å². The predicted molar refractivity (Wildman–Crippen MR) is 86.3 cm³/mol. The molecule has 1 saturated carbocycles. The molecule has 0 amide bonds. The molecule has 1 aromatic heterocycles. The maximum Gasteiger partial charge on any atom is 0.166 e. The Hall–Kier alpha value is -0.610. The van der Waals surface area contributed by atoms with Gasteiger partial charge in [-0.3, -0.25) is 0 Å². The average Bonchev–Trinajstić information content (AvgIpc) is 3.02. The molecule has 1 aliphatic carbocycles. The highest BCUT2D eigenvalue weighted by Crippen LogP contribution is 2.42. The van der Waals surface area contributed by atoms with E-state index >= 15 is 0 Å². The number of nitrogens with one attached hydrogen (secondary N) is 1. The first-order valence-corrected chi connectivity index (χ1v) is 8.53. The molecule has 1 aliphatic rings. The van der Waals surface area contributed by atoms with Crippen LogP contribution in [0.3, 0.4) is 0 Å². The standard InChI is InChI=1S/C15H20N2S2/c1-11-4-5-12-13(8-11)17-14(16-12)19-10-15(9-18)6-2-3-7-15/h4-5,8,18H,2-3,6-7,9-10H2,1H3,(H,16,17). The Bertz CT molecular complexity index is 571. The molecular formula is C15H20N2S2. The van der Waals surface area contributed by atoms with Crippen LogP contribution in [0, 0.1) is 12.3 Å². The highest BCUT2D eigenvalue weighted by Gasteiger charge is 2.32. The van der Waals surface area contributed by atoms with Gasteiger partial charge in [0.2, 0.25) is 0 Å². The van der Waals surface area contributed by atoms with Crippen LogP contribution in [0.1, 0.15) is 31.2 Å². The van der Waals surface area contributed by atoms with Gasteiger partial charge in [-0.05, 0) is 48.6 Å². The number of aromatic nitrogens is 2. The smallest absolute Gasteiger partial charge is 0.166 e. The minimum absolute atomic E-state index is 0.433. The lowest BCUT2D eigenvalue weighted by Gasteiger charge is -2.25. The van der Waals surface area contributed by atoms with Crippen molar-refractivity contribution >= 4 is 35.4 Å². The zero-order valence-corrected chi connectivity index (χ0v) is 13.0. The Balaban J connectivity index is 1.74. The van der Waals surface area contributed by atoms with Crippen molar-refractivity contribution in [2.45, 2.75) is 37.8 Å². The zero-order valence-electron chi connectivity index (χ0n) is 11.3. The van der Waals surface area contributed by atoms with Crippen LogP contribution in [-0.4, -0.2) is 21.5 Å². The third-order valence-corrected chi connectivity index (χ3v) is 6.02. The Kier molecular flexibility index (Phi) is 3.81. The van der Waals surface area contributed by atoms with Gasteiger partial charge in [0.1, 0.15) is 0 Å². The lowest BCUT2D eigenvalue weighted by atomic mass is 9.91. The number of benzene rings is 1. The van der Waals surface area contributed by atoms with Crippen LogP contribution in [0.2, 0.25) is 0 Å². The number of thiol groups is 1. The third kappa shape index (κ3) is 2.79. The van der Waals surface area contributed by atoms with Gasteiger partial charge in [-0.1, -0.05) is 30.7 Å².